The molecule has 0 unspecified atom stereocenters. The highest BCUT2D eigenvalue weighted by atomic mass is 19.3. The molecule has 18 heavy (non-hydrogen) atoms. The van der Waals surface area contributed by atoms with E-state index < -0.39 is 6.43 Å². The number of aromatic nitrogens is 3. The van der Waals surface area contributed by atoms with Gasteiger partial charge in [0.15, 0.2) is 0 Å². The Hall–Kier alpha value is -1.82. The Labute approximate surface area is 103 Å². The summed E-state index contributed by atoms with van der Waals surface area (Å²) in [5.41, 5.74) is 1.31. The number of pyridine rings is 1. The molecule has 0 radical (unpaired) electrons. The van der Waals surface area contributed by atoms with Gasteiger partial charge in [0.25, 0.3) is 6.43 Å². The van der Waals surface area contributed by atoms with Gasteiger partial charge in [0.05, 0.1) is 19.3 Å². The normalized spacial score (nSPS) is 11.1. The summed E-state index contributed by atoms with van der Waals surface area (Å²) in [5, 5.41) is 4.13. The molecule has 2 aromatic heterocycles. The van der Waals surface area contributed by atoms with E-state index in [0.29, 0.717) is 18.7 Å². The molecule has 2 aromatic rings. The highest BCUT2D eigenvalue weighted by molar-refractivity contribution is 5.61. The molecule has 2 rings (SSSR count). The molecule has 0 aliphatic carbocycles. The number of hydrogen-bond acceptors (Lipinski definition) is 3. The zero-order valence-corrected chi connectivity index (χ0v) is 9.88. The first-order chi connectivity index (χ1) is 8.70. The van der Waals surface area contributed by atoms with Gasteiger partial charge in [-0.15, -0.1) is 0 Å². The second-order valence-corrected chi connectivity index (χ2v) is 3.79. The summed E-state index contributed by atoms with van der Waals surface area (Å²) in [6, 6.07) is 1.43. The van der Waals surface area contributed by atoms with Crippen LogP contribution in [-0.4, -0.2) is 28.5 Å². The minimum Gasteiger partial charge on any atom is -0.383 e. The maximum Gasteiger partial charge on any atom is 0.265 e. The molecule has 4 nitrogen and oxygen atoms in total. The summed E-state index contributed by atoms with van der Waals surface area (Å²) >= 11 is 0. The Balaban J connectivity index is 2.20. The van der Waals surface area contributed by atoms with Crippen LogP contribution in [-0.2, 0) is 11.3 Å². The zero-order valence-electron chi connectivity index (χ0n) is 9.88. The van der Waals surface area contributed by atoms with Gasteiger partial charge in [-0.3, -0.25) is 9.67 Å². The van der Waals surface area contributed by atoms with E-state index in [1.165, 1.54) is 12.3 Å². The lowest BCUT2D eigenvalue weighted by Gasteiger charge is -2.01. The molecule has 2 heterocycles. The molecule has 6 heteroatoms. The van der Waals surface area contributed by atoms with Crippen molar-refractivity contribution in [2.24, 2.45) is 0 Å². The van der Waals surface area contributed by atoms with Crippen LogP contribution in [0.1, 0.15) is 12.0 Å². The molecule has 0 saturated heterocycles. The largest absolute Gasteiger partial charge is 0.383 e. The Kier molecular flexibility index (Phi) is 3.99. The third kappa shape index (κ3) is 2.89. The van der Waals surface area contributed by atoms with E-state index in [1.807, 2.05) is 0 Å². The maximum absolute atomic E-state index is 12.6. The van der Waals surface area contributed by atoms with E-state index in [1.54, 1.807) is 30.4 Å². The summed E-state index contributed by atoms with van der Waals surface area (Å²) in [7, 11) is 1.61. The maximum atomic E-state index is 12.6. The second kappa shape index (κ2) is 5.68. The first-order valence-corrected chi connectivity index (χ1v) is 5.45. The number of ether oxygens (including phenoxy) is 1. The van der Waals surface area contributed by atoms with Crippen molar-refractivity contribution in [1.82, 2.24) is 14.8 Å². The topological polar surface area (TPSA) is 39.9 Å². The first-order valence-electron chi connectivity index (χ1n) is 5.45. The van der Waals surface area contributed by atoms with Gasteiger partial charge in [-0.25, -0.2) is 8.78 Å². The third-order valence-electron chi connectivity index (χ3n) is 2.50. The van der Waals surface area contributed by atoms with Crippen molar-refractivity contribution in [1.29, 1.82) is 0 Å². The smallest absolute Gasteiger partial charge is 0.265 e. The van der Waals surface area contributed by atoms with Gasteiger partial charge in [-0.1, -0.05) is 0 Å². The molecular formula is C12H13F2N3O. The van der Waals surface area contributed by atoms with Crippen molar-refractivity contribution in [2.45, 2.75) is 13.0 Å². The van der Waals surface area contributed by atoms with E-state index in [2.05, 4.69) is 10.1 Å². The lowest BCUT2D eigenvalue weighted by molar-refractivity contribution is 0.151. The summed E-state index contributed by atoms with van der Waals surface area (Å²) in [6.07, 6.45) is 3.61. The molecule has 0 aliphatic heterocycles. The molecule has 0 fully saturated rings. The molecule has 0 N–H and O–H groups in total. The Bertz CT molecular complexity index is 514. The summed E-state index contributed by atoms with van der Waals surface area (Å²) in [6.45, 7) is 1.18. The third-order valence-corrected chi connectivity index (χ3v) is 2.50. The predicted octanol–water partition coefficient (Wildman–Crippen LogP) is 2.53. The van der Waals surface area contributed by atoms with Crippen molar-refractivity contribution >= 4 is 0 Å². The second-order valence-electron chi connectivity index (χ2n) is 3.79. The fourth-order valence-electron chi connectivity index (χ4n) is 1.55. The van der Waals surface area contributed by atoms with Crippen LogP contribution in [0.3, 0.4) is 0 Å². The zero-order chi connectivity index (χ0) is 13.0. The van der Waals surface area contributed by atoms with E-state index in [4.69, 9.17) is 4.74 Å². The minimum atomic E-state index is -2.51. The number of hydrogen-bond donors (Lipinski definition) is 0. The van der Waals surface area contributed by atoms with Crippen molar-refractivity contribution in [3.63, 3.8) is 0 Å². The predicted molar refractivity (Wildman–Crippen MR) is 62.3 cm³/mol. The van der Waals surface area contributed by atoms with Crippen LogP contribution in [0.25, 0.3) is 11.1 Å². The van der Waals surface area contributed by atoms with Gasteiger partial charge in [-0.2, -0.15) is 5.10 Å². The molecular weight excluding hydrogens is 240 g/mol. The molecule has 0 spiro atoms. The molecule has 0 bridgehead atoms. The molecule has 0 saturated carbocycles. The van der Waals surface area contributed by atoms with Gasteiger partial charge >= 0.3 is 0 Å². The van der Waals surface area contributed by atoms with Crippen LogP contribution in [0.2, 0.25) is 0 Å². The quantitative estimate of drug-likeness (QED) is 0.822. The van der Waals surface area contributed by atoms with Gasteiger partial charge in [-0.05, 0) is 6.07 Å². The minimum absolute atomic E-state index is 0.0860. The lowest BCUT2D eigenvalue weighted by atomic mass is 10.1. The van der Waals surface area contributed by atoms with E-state index in [0.717, 1.165) is 5.56 Å². The van der Waals surface area contributed by atoms with Gasteiger partial charge in [0.1, 0.15) is 0 Å². The number of nitrogens with zero attached hydrogens (tertiary/aromatic N) is 3. The van der Waals surface area contributed by atoms with Crippen molar-refractivity contribution in [3.8, 4) is 11.1 Å². The molecule has 0 aromatic carbocycles. The van der Waals surface area contributed by atoms with Gasteiger partial charge < -0.3 is 4.74 Å². The van der Waals surface area contributed by atoms with Crippen molar-refractivity contribution in [2.75, 3.05) is 13.7 Å². The van der Waals surface area contributed by atoms with Crippen molar-refractivity contribution in [3.05, 3.63) is 36.4 Å². The van der Waals surface area contributed by atoms with Crippen LogP contribution >= 0.6 is 0 Å². The fraction of sp³-hybridized carbons (Fsp3) is 0.333. The Morgan fingerprint density at radius 3 is 2.83 bits per heavy atom. The average molecular weight is 253 g/mol. The average Bonchev–Trinajstić information content (AvgIpc) is 2.85. The van der Waals surface area contributed by atoms with Crippen LogP contribution in [0.4, 0.5) is 8.78 Å². The number of halogens is 2. The highest BCUT2D eigenvalue weighted by Crippen LogP contribution is 2.24. The molecule has 0 amide bonds. The van der Waals surface area contributed by atoms with E-state index in [-0.39, 0.29) is 5.56 Å². The fourth-order valence-corrected chi connectivity index (χ4v) is 1.55. The Morgan fingerprint density at radius 1 is 1.28 bits per heavy atom. The molecule has 0 aliphatic rings. The summed E-state index contributed by atoms with van der Waals surface area (Å²) in [4.78, 5) is 3.81. The van der Waals surface area contributed by atoms with E-state index in [9.17, 15) is 8.78 Å². The monoisotopic (exact) mass is 253 g/mol. The SMILES string of the molecule is COCCn1cc(-c2cncc(C(F)F)c2)cn1. The lowest BCUT2D eigenvalue weighted by Crippen LogP contribution is -2.03. The molecule has 0 atom stereocenters. The van der Waals surface area contributed by atoms with Crippen LogP contribution in [0.15, 0.2) is 30.9 Å². The highest BCUT2D eigenvalue weighted by Gasteiger charge is 2.09. The Morgan fingerprint density at radius 2 is 2.11 bits per heavy atom. The van der Waals surface area contributed by atoms with Crippen molar-refractivity contribution < 1.29 is 13.5 Å². The van der Waals surface area contributed by atoms with Crippen LogP contribution in [0, 0.1) is 0 Å². The van der Waals surface area contributed by atoms with Gasteiger partial charge in [0.2, 0.25) is 0 Å². The molecule has 96 valence electrons. The van der Waals surface area contributed by atoms with Gasteiger partial charge in [0, 0.05) is 42.4 Å². The summed E-state index contributed by atoms with van der Waals surface area (Å²) < 4.78 is 31.8. The number of methoxy groups -OCH3 is 1. The van der Waals surface area contributed by atoms with E-state index >= 15 is 0 Å². The number of rotatable bonds is 5. The number of alkyl halides is 2. The standard InChI is InChI=1S/C12H13F2N3O/c1-18-3-2-17-8-11(7-16-17)9-4-10(12(13)14)6-15-5-9/h4-8,12H,2-3H2,1H3. The van der Waals surface area contributed by atoms with Crippen LogP contribution in [0.5, 0.6) is 0 Å². The van der Waals surface area contributed by atoms with Crippen LogP contribution < -0.4 is 0 Å². The first kappa shape index (κ1) is 12.6. The summed E-state index contributed by atoms with van der Waals surface area (Å²) in [5.74, 6) is 0.